The number of nitrogens with zero attached hydrogens (tertiary/aromatic N) is 3. The maximum Gasteiger partial charge on any atom is 0.163 e. The largest absolute Gasteiger partial charge is 0.506 e. The van der Waals surface area contributed by atoms with Gasteiger partial charge in [0.05, 0.1) is 6.20 Å². The van der Waals surface area contributed by atoms with Gasteiger partial charge in [0, 0.05) is 0 Å². The molecule has 12 heavy (non-hydrogen) atoms. The van der Waals surface area contributed by atoms with Crippen LogP contribution in [0.1, 0.15) is 5.82 Å². The third kappa shape index (κ3) is 0.911. The summed E-state index contributed by atoms with van der Waals surface area (Å²) in [4.78, 5) is 0. The Hall–Kier alpha value is -1.62. The lowest BCUT2D eigenvalue weighted by atomic mass is 10.4. The summed E-state index contributed by atoms with van der Waals surface area (Å²) in [5, 5.41) is 25.4. The summed E-state index contributed by atoms with van der Waals surface area (Å²) >= 11 is 0. The van der Waals surface area contributed by atoms with Crippen LogP contribution in [-0.2, 0) is 6.61 Å². The molecule has 0 amide bonds. The summed E-state index contributed by atoms with van der Waals surface area (Å²) < 4.78 is 1.54. The fourth-order valence-corrected chi connectivity index (χ4v) is 1.03. The molecule has 0 saturated heterocycles. The summed E-state index contributed by atoms with van der Waals surface area (Å²) in [5.74, 6) is 0.540. The Bertz CT molecular complexity index is 410. The van der Waals surface area contributed by atoms with Gasteiger partial charge in [-0.3, -0.25) is 4.40 Å². The van der Waals surface area contributed by atoms with Gasteiger partial charge in [0.15, 0.2) is 11.5 Å². The molecule has 0 fully saturated rings. The lowest BCUT2D eigenvalue weighted by Gasteiger charge is -1.95. The molecule has 5 nitrogen and oxygen atoms in total. The standard InChI is InChI=1S/C7H7N3O2/c11-4-7-9-8-6-2-1-5(12)3-10(6)7/h1-3,11-12H,4H2. The van der Waals surface area contributed by atoms with Crippen molar-refractivity contribution in [1.82, 2.24) is 14.6 Å². The molecule has 0 spiro atoms. The SMILES string of the molecule is OCc1nnc2ccc(O)cn12. The maximum atomic E-state index is 9.11. The van der Waals surface area contributed by atoms with Crippen LogP contribution in [0.5, 0.6) is 5.75 Å². The molecule has 62 valence electrons. The van der Waals surface area contributed by atoms with E-state index in [0.717, 1.165) is 0 Å². The van der Waals surface area contributed by atoms with Gasteiger partial charge in [0.25, 0.3) is 0 Å². The number of aromatic hydroxyl groups is 1. The zero-order chi connectivity index (χ0) is 8.55. The number of hydrogen-bond acceptors (Lipinski definition) is 4. The fraction of sp³-hybridized carbons (Fsp3) is 0.143. The van der Waals surface area contributed by atoms with E-state index in [9.17, 15) is 0 Å². The number of pyridine rings is 1. The van der Waals surface area contributed by atoms with Crippen LogP contribution in [0.3, 0.4) is 0 Å². The van der Waals surface area contributed by atoms with Gasteiger partial charge in [-0.25, -0.2) is 0 Å². The van der Waals surface area contributed by atoms with Gasteiger partial charge < -0.3 is 10.2 Å². The number of hydrogen-bond donors (Lipinski definition) is 2. The molecular weight excluding hydrogens is 158 g/mol. The monoisotopic (exact) mass is 165 g/mol. The van der Waals surface area contributed by atoms with Gasteiger partial charge in [-0.2, -0.15) is 0 Å². The Kier molecular flexibility index (Phi) is 1.44. The van der Waals surface area contributed by atoms with Crippen LogP contribution >= 0.6 is 0 Å². The average Bonchev–Trinajstić information content (AvgIpc) is 2.46. The Balaban J connectivity index is 2.75. The predicted molar refractivity (Wildman–Crippen MR) is 40.6 cm³/mol. The highest BCUT2D eigenvalue weighted by Crippen LogP contribution is 2.10. The van der Waals surface area contributed by atoms with E-state index in [0.29, 0.717) is 11.5 Å². The minimum Gasteiger partial charge on any atom is -0.506 e. The minimum atomic E-state index is -0.190. The molecule has 0 bridgehead atoms. The van der Waals surface area contributed by atoms with Crippen LogP contribution in [0.15, 0.2) is 18.3 Å². The molecule has 2 N–H and O–H groups in total. The van der Waals surface area contributed by atoms with Crippen molar-refractivity contribution in [1.29, 1.82) is 0 Å². The van der Waals surface area contributed by atoms with Crippen molar-refractivity contribution in [2.45, 2.75) is 6.61 Å². The third-order valence-corrected chi connectivity index (χ3v) is 1.60. The molecule has 0 aliphatic carbocycles. The zero-order valence-corrected chi connectivity index (χ0v) is 6.18. The van der Waals surface area contributed by atoms with E-state index in [-0.39, 0.29) is 12.4 Å². The molecule has 0 atom stereocenters. The van der Waals surface area contributed by atoms with Gasteiger partial charge in [-0.1, -0.05) is 0 Å². The first-order valence-electron chi connectivity index (χ1n) is 3.45. The second-order valence-corrected chi connectivity index (χ2v) is 2.39. The van der Waals surface area contributed by atoms with Crippen LogP contribution in [0, 0.1) is 0 Å². The maximum absolute atomic E-state index is 9.11. The Morgan fingerprint density at radius 3 is 2.92 bits per heavy atom. The molecule has 0 aromatic carbocycles. The topological polar surface area (TPSA) is 70.7 Å². The zero-order valence-electron chi connectivity index (χ0n) is 6.18. The summed E-state index contributed by atoms with van der Waals surface area (Å²) in [6, 6.07) is 3.15. The van der Waals surface area contributed by atoms with Crippen molar-refractivity contribution in [2.75, 3.05) is 0 Å². The molecular formula is C7H7N3O2. The number of rotatable bonds is 1. The molecule has 5 heteroatoms. The number of aromatic nitrogens is 3. The van der Waals surface area contributed by atoms with Gasteiger partial charge in [-0.15, -0.1) is 10.2 Å². The Morgan fingerprint density at radius 1 is 1.33 bits per heavy atom. The molecule has 2 aromatic heterocycles. The lowest BCUT2D eigenvalue weighted by molar-refractivity contribution is 0.270. The van der Waals surface area contributed by atoms with Gasteiger partial charge in [0.2, 0.25) is 0 Å². The van der Waals surface area contributed by atoms with Crippen LogP contribution < -0.4 is 0 Å². The molecule has 2 rings (SSSR count). The predicted octanol–water partition coefficient (Wildman–Crippen LogP) is -0.0728. The molecule has 0 saturated carbocycles. The van der Waals surface area contributed by atoms with Crippen LogP contribution in [0.25, 0.3) is 5.65 Å². The van der Waals surface area contributed by atoms with E-state index in [4.69, 9.17) is 10.2 Å². The van der Waals surface area contributed by atoms with E-state index < -0.39 is 0 Å². The first-order chi connectivity index (χ1) is 5.81. The average molecular weight is 165 g/mol. The first kappa shape index (κ1) is 7.05. The Morgan fingerprint density at radius 2 is 2.17 bits per heavy atom. The van der Waals surface area contributed by atoms with E-state index in [2.05, 4.69) is 10.2 Å². The summed E-state index contributed by atoms with van der Waals surface area (Å²) in [7, 11) is 0. The molecule has 0 aliphatic heterocycles. The van der Waals surface area contributed by atoms with Crippen molar-refractivity contribution in [3.05, 3.63) is 24.2 Å². The highest BCUT2D eigenvalue weighted by Gasteiger charge is 2.02. The van der Waals surface area contributed by atoms with Crippen molar-refractivity contribution in [2.24, 2.45) is 0 Å². The highest BCUT2D eigenvalue weighted by atomic mass is 16.3. The molecule has 0 unspecified atom stereocenters. The van der Waals surface area contributed by atoms with E-state index in [1.54, 1.807) is 6.07 Å². The van der Waals surface area contributed by atoms with Crippen molar-refractivity contribution in [3.63, 3.8) is 0 Å². The van der Waals surface area contributed by atoms with Crippen LogP contribution in [-0.4, -0.2) is 24.8 Å². The quantitative estimate of drug-likeness (QED) is 0.620. The summed E-state index contributed by atoms with van der Waals surface area (Å²) in [6.45, 7) is -0.190. The first-order valence-corrected chi connectivity index (χ1v) is 3.45. The fourth-order valence-electron chi connectivity index (χ4n) is 1.03. The number of fused-ring (bicyclic) bond motifs is 1. The molecule has 0 aliphatic rings. The normalized spacial score (nSPS) is 10.8. The smallest absolute Gasteiger partial charge is 0.163 e. The number of aliphatic hydroxyl groups is 1. The number of aliphatic hydroxyl groups excluding tert-OH is 1. The van der Waals surface area contributed by atoms with Gasteiger partial charge in [0.1, 0.15) is 12.4 Å². The van der Waals surface area contributed by atoms with E-state index in [1.165, 1.54) is 16.7 Å². The van der Waals surface area contributed by atoms with Gasteiger partial charge in [-0.05, 0) is 12.1 Å². The second-order valence-electron chi connectivity index (χ2n) is 2.39. The summed E-state index contributed by atoms with van der Waals surface area (Å²) in [6.07, 6.45) is 1.46. The third-order valence-electron chi connectivity index (χ3n) is 1.60. The Labute approximate surface area is 67.9 Å². The van der Waals surface area contributed by atoms with Gasteiger partial charge >= 0.3 is 0 Å². The highest BCUT2D eigenvalue weighted by molar-refractivity contribution is 5.40. The second kappa shape index (κ2) is 2.46. The van der Waals surface area contributed by atoms with E-state index in [1.807, 2.05) is 0 Å². The van der Waals surface area contributed by atoms with Crippen molar-refractivity contribution < 1.29 is 10.2 Å². The van der Waals surface area contributed by atoms with Crippen molar-refractivity contribution >= 4 is 5.65 Å². The lowest BCUT2D eigenvalue weighted by Crippen LogP contribution is -1.92. The molecule has 2 heterocycles. The van der Waals surface area contributed by atoms with E-state index >= 15 is 0 Å². The molecule has 0 radical (unpaired) electrons. The van der Waals surface area contributed by atoms with Crippen LogP contribution in [0.2, 0.25) is 0 Å². The van der Waals surface area contributed by atoms with Crippen molar-refractivity contribution in [3.8, 4) is 5.75 Å². The summed E-state index contributed by atoms with van der Waals surface area (Å²) in [5.41, 5.74) is 0.608. The molecule has 2 aromatic rings. The van der Waals surface area contributed by atoms with Crippen LogP contribution in [0.4, 0.5) is 0 Å². The minimum absolute atomic E-state index is 0.122.